The SMILES string of the molecule is N#Cc1ccc(-c2cccc(COC3CCNC3)c2C2CNCO2)cc1F. The van der Waals surface area contributed by atoms with Crippen molar-refractivity contribution in [3.63, 3.8) is 0 Å². The lowest BCUT2D eigenvalue weighted by molar-refractivity contribution is 0.0513. The molecule has 2 aromatic carbocycles. The number of ether oxygens (including phenoxy) is 2. The predicted octanol–water partition coefficient (Wildman–Crippen LogP) is 2.86. The monoisotopic (exact) mass is 367 g/mol. The summed E-state index contributed by atoms with van der Waals surface area (Å²) in [4.78, 5) is 0. The van der Waals surface area contributed by atoms with Gasteiger partial charge in [0.05, 0.1) is 31.1 Å². The van der Waals surface area contributed by atoms with Crippen molar-refractivity contribution in [3.05, 3.63) is 58.9 Å². The topological polar surface area (TPSA) is 66.3 Å². The van der Waals surface area contributed by atoms with Crippen LogP contribution >= 0.6 is 0 Å². The summed E-state index contributed by atoms with van der Waals surface area (Å²) in [5.74, 6) is -0.509. The maximum atomic E-state index is 14.2. The second-order valence-corrected chi connectivity index (χ2v) is 6.86. The summed E-state index contributed by atoms with van der Waals surface area (Å²) in [6, 6.07) is 12.6. The maximum Gasteiger partial charge on any atom is 0.141 e. The summed E-state index contributed by atoms with van der Waals surface area (Å²) < 4.78 is 26.1. The highest BCUT2D eigenvalue weighted by molar-refractivity contribution is 5.70. The van der Waals surface area contributed by atoms with E-state index in [1.165, 1.54) is 12.1 Å². The molecule has 0 aromatic heterocycles. The van der Waals surface area contributed by atoms with Crippen LogP contribution in [0.4, 0.5) is 4.39 Å². The molecule has 2 aromatic rings. The highest BCUT2D eigenvalue weighted by atomic mass is 19.1. The average Bonchev–Trinajstić information content (AvgIpc) is 3.40. The van der Waals surface area contributed by atoms with Crippen molar-refractivity contribution in [2.75, 3.05) is 26.4 Å². The molecule has 0 saturated carbocycles. The molecule has 6 heteroatoms. The summed E-state index contributed by atoms with van der Waals surface area (Å²) in [7, 11) is 0. The van der Waals surface area contributed by atoms with Crippen LogP contribution in [0.2, 0.25) is 0 Å². The molecule has 0 spiro atoms. The molecular formula is C21H22FN3O2. The Morgan fingerprint density at radius 2 is 2.15 bits per heavy atom. The van der Waals surface area contributed by atoms with Crippen LogP contribution < -0.4 is 10.6 Å². The van der Waals surface area contributed by atoms with E-state index in [-0.39, 0.29) is 17.8 Å². The molecule has 2 fully saturated rings. The quantitative estimate of drug-likeness (QED) is 0.851. The van der Waals surface area contributed by atoms with Gasteiger partial charge in [0.15, 0.2) is 0 Å². The molecule has 0 radical (unpaired) electrons. The van der Waals surface area contributed by atoms with E-state index in [1.54, 1.807) is 6.07 Å². The highest BCUT2D eigenvalue weighted by Gasteiger charge is 2.25. The molecule has 2 aliphatic rings. The Morgan fingerprint density at radius 3 is 2.85 bits per heavy atom. The molecule has 140 valence electrons. The van der Waals surface area contributed by atoms with Crippen LogP contribution in [0.5, 0.6) is 0 Å². The third-order valence-electron chi connectivity index (χ3n) is 5.12. The van der Waals surface area contributed by atoms with Crippen LogP contribution in [-0.4, -0.2) is 32.5 Å². The van der Waals surface area contributed by atoms with Crippen LogP contribution in [-0.2, 0) is 16.1 Å². The summed E-state index contributed by atoms with van der Waals surface area (Å²) >= 11 is 0. The molecule has 0 amide bonds. The number of nitriles is 1. The number of hydrogen-bond donors (Lipinski definition) is 2. The van der Waals surface area contributed by atoms with Gasteiger partial charge in [-0.25, -0.2) is 4.39 Å². The van der Waals surface area contributed by atoms with Crippen LogP contribution in [0.3, 0.4) is 0 Å². The normalized spacial score (nSPS) is 22.1. The molecule has 0 aliphatic carbocycles. The van der Waals surface area contributed by atoms with E-state index in [0.717, 1.165) is 41.8 Å². The van der Waals surface area contributed by atoms with Gasteiger partial charge < -0.3 is 14.8 Å². The molecule has 2 unspecified atom stereocenters. The second-order valence-electron chi connectivity index (χ2n) is 6.86. The minimum absolute atomic E-state index is 0.0484. The first-order chi connectivity index (χ1) is 13.3. The minimum atomic E-state index is -0.509. The summed E-state index contributed by atoms with van der Waals surface area (Å²) in [6.07, 6.45) is 1.12. The molecule has 2 aliphatic heterocycles. The highest BCUT2D eigenvalue weighted by Crippen LogP contribution is 2.35. The van der Waals surface area contributed by atoms with Crippen molar-refractivity contribution in [1.82, 2.24) is 10.6 Å². The Hall–Kier alpha value is -2.30. The number of benzene rings is 2. The van der Waals surface area contributed by atoms with Gasteiger partial charge in [0.2, 0.25) is 0 Å². The molecule has 0 bridgehead atoms. The van der Waals surface area contributed by atoms with Crippen molar-refractivity contribution in [1.29, 1.82) is 5.26 Å². The summed E-state index contributed by atoms with van der Waals surface area (Å²) in [5, 5.41) is 15.5. The molecule has 2 saturated heterocycles. The molecule has 27 heavy (non-hydrogen) atoms. The van der Waals surface area contributed by atoms with E-state index >= 15 is 0 Å². The molecule has 2 atom stereocenters. The molecule has 5 nitrogen and oxygen atoms in total. The average molecular weight is 367 g/mol. The zero-order valence-electron chi connectivity index (χ0n) is 15.0. The van der Waals surface area contributed by atoms with Gasteiger partial charge in [-0.15, -0.1) is 0 Å². The van der Waals surface area contributed by atoms with E-state index < -0.39 is 5.82 Å². The zero-order chi connectivity index (χ0) is 18.6. The third kappa shape index (κ3) is 3.87. The minimum Gasteiger partial charge on any atom is -0.372 e. The Kier molecular flexibility index (Phi) is 5.46. The van der Waals surface area contributed by atoms with Crippen molar-refractivity contribution >= 4 is 0 Å². The Balaban J connectivity index is 1.70. The Morgan fingerprint density at radius 1 is 1.22 bits per heavy atom. The van der Waals surface area contributed by atoms with Crippen LogP contribution in [0.25, 0.3) is 11.1 Å². The van der Waals surface area contributed by atoms with E-state index in [4.69, 9.17) is 14.7 Å². The van der Waals surface area contributed by atoms with Gasteiger partial charge in [0.25, 0.3) is 0 Å². The third-order valence-corrected chi connectivity index (χ3v) is 5.12. The fourth-order valence-corrected chi connectivity index (χ4v) is 3.72. The smallest absolute Gasteiger partial charge is 0.141 e. The number of nitrogens with one attached hydrogen (secondary N) is 2. The number of halogens is 1. The van der Waals surface area contributed by atoms with Gasteiger partial charge >= 0.3 is 0 Å². The first kappa shape index (κ1) is 18.1. The van der Waals surface area contributed by atoms with Crippen molar-refractivity contribution in [2.24, 2.45) is 0 Å². The van der Waals surface area contributed by atoms with E-state index in [2.05, 4.69) is 10.6 Å². The molecular weight excluding hydrogens is 345 g/mol. The molecule has 2 heterocycles. The number of hydrogen-bond acceptors (Lipinski definition) is 5. The fourth-order valence-electron chi connectivity index (χ4n) is 3.72. The molecule has 2 N–H and O–H groups in total. The second kappa shape index (κ2) is 8.15. The summed E-state index contributed by atoms with van der Waals surface area (Å²) in [5.41, 5.74) is 3.78. The van der Waals surface area contributed by atoms with E-state index in [9.17, 15) is 4.39 Å². The maximum absolute atomic E-state index is 14.2. The van der Waals surface area contributed by atoms with E-state index in [0.29, 0.717) is 19.9 Å². The Bertz CT molecular complexity index is 853. The number of nitrogens with zero attached hydrogens (tertiary/aromatic N) is 1. The van der Waals surface area contributed by atoms with Gasteiger partial charge in [0, 0.05) is 13.1 Å². The fraction of sp³-hybridized carbons (Fsp3) is 0.381. The first-order valence-electron chi connectivity index (χ1n) is 9.22. The van der Waals surface area contributed by atoms with Gasteiger partial charge in [-0.3, -0.25) is 5.32 Å². The van der Waals surface area contributed by atoms with Crippen molar-refractivity contribution < 1.29 is 13.9 Å². The van der Waals surface area contributed by atoms with Crippen LogP contribution in [0.1, 0.15) is 29.2 Å². The van der Waals surface area contributed by atoms with Gasteiger partial charge in [-0.05, 0) is 47.4 Å². The predicted molar refractivity (Wildman–Crippen MR) is 99.3 cm³/mol. The van der Waals surface area contributed by atoms with Crippen LogP contribution in [0.15, 0.2) is 36.4 Å². The standard InChI is InChI=1S/C21H22FN3O2/c22-19-8-14(4-5-15(19)9-23)18-3-1-2-16(12-26-17-6-7-24-10-17)21(18)20-11-25-13-27-20/h1-5,8,17,20,24-25H,6-7,10-13H2. The Labute approximate surface area is 158 Å². The van der Waals surface area contributed by atoms with Crippen LogP contribution in [0, 0.1) is 17.1 Å². The van der Waals surface area contributed by atoms with Gasteiger partial charge in [-0.2, -0.15) is 5.26 Å². The van der Waals surface area contributed by atoms with Crippen molar-refractivity contribution in [2.45, 2.75) is 25.2 Å². The lowest BCUT2D eigenvalue weighted by Gasteiger charge is -2.21. The van der Waals surface area contributed by atoms with Crippen molar-refractivity contribution in [3.8, 4) is 17.2 Å². The number of rotatable bonds is 5. The lowest BCUT2D eigenvalue weighted by Crippen LogP contribution is -2.18. The summed E-state index contributed by atoms with van der Waals surface area (Å²) in [6.45, 7) is 3.55. The van der Waals surface area contributed by atoms with Gasteiger partial charge in [-0.1, -0.05) is 24.3 Å². The zero-order valence-corrected chi connectivity index (χ0v) is 15.0. The first-order valence-corrected chi connectivity index (χ1v) is 9.22. The largest absolute Gasteiger partial charge is 0.372 e. The lowest BCUT2D eigenvalue weighted by atomic mass is 9.91. The van der Waals surface area contributed by atoms with Gasteiger partial charge in [0.1, 0.15) is 11.9 Å². The van der Waals surface area contributed by atoms with E-state index in [1.807, 2.05) is 24.3 Å². The molecule has 4 rings (SSSR count).